The molecule has 0 bridgehead atoms. The van der Waals surface area contributed by atoms with Gasteiger partial charge in [0, 0.05) is 39.6 Å². The molecule has 0 amide bonds. The average molecular weight is 459 g/mol. The summed E-state index contributed by atoms with van der Waals surface area (Å²) in [4.78, 5) is 4.08. The first-order valence-corrected chi connectivity index (χ1v) is 8.96. The van der Waals surface area contributed by atoms with Crippen LogP contribution in [-0.2, 0) is 23.0 Å². The second-order valence-electron chi connectivity index (χ2n) is 4.52. The van der Waals surface area contributed by atoms with Crippen molar-refractivity contribution in [2.24, 2.45) is 4.99 Å². The normalized spacial score (nSPS) is 11.9. The first-order valence-electron chi connectivity index (χ1n) is 7.31. The lowest BCUT2D eigenvalue weighted by molar-refractivity contribution is 0.581. The molecule has 1 aromatic rings. The number of nitrogens with zero attached hydrogens (tertiary/aromatic N) is 4. The molecule has 0 aliphatic rings. The van der Waals surface area contributed by atoms with Gasteiger partial charge in [0.2, 0.25) is 10.0 Å². The van der Waals surface area contributed by atoms with Crippen LogP contribution in [0.25, 0.3) is 0 Å². The molecule has 1 heterocycles. The summed E-state index contributed by atoms with van der Waals surface area (Å²) in [6.07, 6.45) is 2.54. The standard InChI is InChI=1S/C12H25N7O2S.HI/c1-4-11-18-16-10-19(11)9-8-15-12(13-3)14-6-7-17-22(20,21)5-2;/h10,17H,4-9H2,1-3H3,(H2,13,14,15);1H. The van der Waals surface area contributed by atoms with Crippen molar-refractivity contribution in [1.82, 2.24) is 30.1 Å². The minimum Gasteiger partial charge on any atom is -0.355 e. The molecular weight excluding hydrogens is 433 g/mol. The smallest absolute Gasteiger partial charge is 0.211 e. The van der Waals surface area contributed by atoms with Crippen molar-refractivity contribution in [2.45, 2.75) is 26.8 Å². The fourth-order valence-electron chi connectivity index (χ4n) is 1.74. The van der Waals surface area contributed by atoms with E-state index in [0.29, 0.717) is 25.6 Å². The third-order valence-corrected chi connectivity index (χ3v) is 4.40. The summed E-state index contributed by atoms with van der Waals surface area (Å²) in [5.74, 6) is 1.65. The molecule has 11 heteroatoms. The van der Waals surface area contributed by atoms with E-state index in [9.17, 15) is 8.42 Å². The zero-order valence-electron chi connectivity index (χ0n) is 13.7. The molecule has 1 aromatic heterocycles. The molecule has 1 rings (SSSR count). The Labute approximate surface area is 154 Å². The van der Waals surface area contributed by atoms with Gasteiger partial charge < -0.3 is 15.2 Å². The SMILES string of the molecule is CCc1nncn1CCNC(=NC)NCCNS(=O)(=O)CC.I. The molecule has 0 radical (unpaired) electrons. The van der Waals surface area contributed by atoms with Gasteiger partial charge in [-0.15, -0.1) is 34.2 Å². The number of guanidine groups is 1. The van der Waals surface area contributed by atoms with Crippen LogP contribution in [-0.4, -0.2) is 61.6 Å². The quantitative estimate of drug-likeness (QED) is 0.200. The minimum atomic E-state index is -3.15. The number of hydrogen-bond acceptors (Lipinski definition) is 5. The van der Waals surface area contributed by atoms with Gasteiger partial charge in [-0.25, -0.2) is 13.1 Å². The van der Waals surface area contributed by atoms with Crippen molar-refractivity contribution >= 4 is 40.0 Å². The van der Waals surface area contributed by atoms with E-state index >= 15 is 0 Å². The Balaban J connectivity index is 0.00000484. The molecule has 0 spiro atoms. The van der Waals surface area contributed by atoms with Crippen LogP contribution in [0.2, 0.25) is 0 Å². The van der Waals surface area contributed by atoms with Crippen molar-refractivity contribution in [3.05, 3.63) is 12.2 Å². The van der Waals surface area contributed by atoms with E-state index in [1.54, 1.807) is 20.3 Å². The van der Waals surface area contributed by atoms with Crippen molar-refractivity contribution in [3.8, 4) is 0 Å². The molecule has 134 valence electrons. The number of nitrogens with one attached hydrogen (secondary N) is 3. The Morgan fingerprint density at radius 2 is 1.96 bits per heavy atom. The first-order chi connectivity index (χ1) is 10.5. The first kappa shape index (κ1) is 22.1. The van der Waals surface area contributed by atoms with Crippen LogP contribution in [0.1, 0.15) is 19.7 Å². The maximum Gasteiger partial charge on any atom is 0.211 e. The lowest BCUT2D eigenvalue weighted by Gasteiger charge is -2.13. The van der Waals surface area contributed by atoms with Crippen LogP contribution in [0.15, 0.2) is 11.3 Å². The van der Waals surface area contributed by atoms with Gasteiger partial charge >= 0.3 is 0 Å². The zero-order chi connectivity index (χ0) is 16.4. The maximum atomic E-state index is 11.3. The summed E-state index contributed by atoms with van der Waals surface area (Å²) in [5.41, 5.74) is 0. The Bertz CT molecular complexity index is 574. The Morgan fingerprint density at radius 3 is 2.57 bits per heavy atom. The molecule has 0 unspecified atom stereocenters. The zero-order valence-corrected chi connectivity index (χ0v) is 16.9. The van der Waals surface area contributed by atoms with Crippen LogP contribution in [0.3, 0.4) is 0 Å². The van der Waals surface area contributed by atoms with Gasteiger partial charge in [-0.05, 0) is 6.92 Å². The molecule has 0 aliphatic heterocycles. The second kappa shape index (κ2) is 11.6. The number of sulfonamides is 1. The summed E-state index contributed by atoms with van der Waals surface area (Å²) < 4.78 is 27.0. The number of rotatable bonds is 9. The maximum absolute atomic E-state index is 11.3. The number of aryl methyl sites for hydroxylation is 1. The summed E-state index contributed by atoms with van der Waals surface area (Å²) >= 11 is 0. The highest BCUT2D eigenvalue weighted by Gasteiger charge is 2.05. The predicted octanol–water partition coefficient (Wildman–Crippen LogP) is -0.437. The molecule has 0 fully saturated rings. The lowest BCUT2D eigenvalue weighted by Crippen LogP contribution is -2.42. The molecule has 3 N–H and O–H groups in total. The molecule has 23 heavy (non-hydrogen) atoms. The molecule has 9 nitrogen and oxygen atoms in total. The molecule has 0 aromatic carbocycles. The number of aromatic nitrogens is 3. The van der Waals surface area contributed by atoms with Gasteiger partial charge in [-0.2, -0.15) is 0 Å². The molecule has 0 atom stereocenters. The fourth-order valence-corrected chi connectivity index (χ4v) is 2.36. The van der Waals surface area contributed by atoms with E-state index < -0.39 is 10.0 Å². The molecular formula is C12H26IN7O2S. The molecule has 0 saturated heterocycles. The fraction of sp³-hybridized carbons (Fsp3) is 0.750. The van der Waals surface area contributed by atoms with E-state index in [4.69, 9.17) is 0 Å². The van der Waals surface area contributed by atoms with E-state index in [1.165, 1.54) is 0 Å². The Kier molecular flexibility index (Phi) is 11.1. The largest absolute Gasteiger partial charge is 0.355 e. The van der Waals surface area contributed by atoms with Crippen molar-refractivity contribution in [3.63, 3.8) is 0 Å². The van der Waals surface area contributed by atoms with Gasteiger partial charge in [0.1, 0.15) is 12.2 Å². The van der Waals surface area contributed by atoms with Gasteiger partial charge in [0.15, 0.2) is 5.96 Å². The van der Waals surface area contributed by atoms with E-state index in [2.05, 4.69) is 30.5 Å². The van der Waals surface area contributed by atoms with Gasteiger partial charge in [0.25, 0.3) is 0 Å². The molecule has 0 saturated carbocycles. The van der Waals surface area contributed by atoms with Crippen molar-refractivity contribution in [1.29, 1.82) is 0 Å². The Hall–Kier alpha value is -0.950. The third-order valence-electron chi connectivity index (χ3n) is 3.00. The lowest BCUT2D eigenvalue weighted by atomic mass is 10.4. The van der Waals surface area contributed by atoms with Crippen LogP contribution >= 0.6 is 24.0 Å². The van der Waals surface area contributed by atoms with Gasteiger partial charge in [-0.1, -0.05) is 6.92 Å². The van der Waals surface area contributed by atoms with E-state index in [-0.39, 0.29) is 29.7 Å². The van der Waals surface area contributed by atoms with E-state index in [1.807, 2.05) is 11.5 Å². The average Bonchev–Trinajstić information content (AvgIpc) is 2.97. The van der Waals surface area contributed by atoms with Crippen molar-refractivity contribution in [2.75, 3.05) is 32.4 Å². The summed E-state index contributed by atoms with van der Waals surface area (Å²) in [5, 5.41) is 14.1. The summed E-state index contributed by atoms with van der Waals surface area (Å²) in [6.45, 7) is 5.83. The van der Waals surface area contributed by atoms with Crippen LogP contribution in [0.4, 0.5) is 0 Å². The van der Waals surface area contributed by atoms with Gasteiger partial charge in [0.05, 0.1) is 5.75 Å². The van der Waals surface area contributed by atoms with Crippen molar-refractivity contribution < 1.29 is 8.42 Å². The number of hydrogen-bond donors (Lipinski definition) is 3. The second-order valence-corrected chi connectivity index (χ2v) is 6.61. The monoisotopic (exact) mass is 459 g/mol. The number of aliphatic imine (C=N–C) groups is 1. The summed E-state index contributed by atoms with van der Waals surface area (Å²) in [7, 11) is -1.48. The Morgan fingerprint density at radius 1 is 1.26 bits per heavy atom. The van der Waals surface area contributed by atoms with Crippen LogP contribution in [0.5, 0.6) is 0 Å². The number of halogens is 1. The topological polar surface area (TPSA) is 113 Å². The predicted molar refractivity (Wildman–Crippen MR) is 102 cm³/mol. The highest BCUT2D eigenvalue weighted by Crippen LogP contribution is 1.94. The van der Waals surface area contributed by atoms with Crippen LogP contribution < -0.4 is 15.4 Å². The molecule has 0 aliphatic carbocycles. The minimum absolute atomic E-state index is 0. The van der Waals surface area contributed by atoms with Crippen LogP contribution in [0, 0.1) is 0 Å². The highest BCUT2D eigenvalue weighted by atomic mass is 127. The van der Waals surface area contributed by atoms with E-state index in [0.717, 1.165) is 18.8 Å². The summed E-state index contributed by atoms with van der Waals surface area (Å²) in [6, 6.07) is 0. The van der Waals surface area contributed by atoms with Gasteiger partial charge in [-0.3, -0.25) is 4.99 Å². The highest BCUT2D eigenvalue weighted by molar-refractivity contribution is 14.0. The third kappa shape index (κ3) is 8.46.